The van der Waals surface area contributed by atoms with E-state index in [1.807, 2.05) is 13.8 Å². The first-order chi connectivity index (χ1) is 13.3. The van der Waals surface area contributed by atoms with Crippen LogP contribution in [0.1, 0.15) is 31.2 Å². The van der Waals surface area contributed by atoms with Crippen molar-refractivity contribution in [3.63, 3.8) is 0 Å². The van der Waals surface area contributed by atoms with Gasteiger partial charge in [-0.2, -0.15) is 4.98 Å². The Morgan fingerprint density at radius 3 is 2.68 bits per heavy atom. The lowest BCUT2D eigenvalue weighted by Crippen LogP contribution is -2.23. The van der Waals surface area contributed by atoms with Crippen LogP contribution in [-0.2, 0) is 16.6 Å². The van der Waals surface area contributed by atoms with Gasteiger partial charge in [-0.1, -0.05) is 42.7 Å². The van der Waals surface area contributed by atoms with Crippen LogP contribution in [0.4, 0.5) is 0 Å². The predicted octanol–water partition coefficient (Wildman–Crippen LogP) is 4.00. The molecular formula is C19H20ClN3O4S. The number of nitrogens with zero attached hydrogens (tertiary/aromatic N) is 2. The number of hydrogen-bond acceptors (Lipinski definition) is 6. The number of hydrogen-bond donors (Lipinski definition) is 1. The van der Waals surface area contributed by atoms with Gasteiger partial charge in [0.2, 0.25) is 21.7 Å². The Morgan fingerprint density at radius 1 is 1.21 bits per heavy atom. The van der Waals surface area contributed by atoms with Crippen molar-refractivity contribution >= 4 is 21.6 Å². The summed E-state index contributed by atoms with van der Waals surface area (Å²) in [6.07, 6.45) is 0. The van der Waals surface area contributed by atoms with Crippen LogP contribution in [0.2, 0.25) is 5.02 Å². The lowest BCUT2D eigenvalue weighted by atomic mass is 10.0. The quantitative estimate of drug-likeness (QED) is 0.619. The minimum absolute atomic E-state index is 0.112. The van der Waals surface area contributed by atoms with Gasteiger partial charge in [0.15, 0.2) is 0 Å². The summed E-state index contributed by atoms with van der Waals surface area (Å²) in [5, 5.41) is 4.41. The molecule has 0 spiro atoms. The van der Waals surface area contributed by atoms with Gasteiger partial charge in [0.1, 0.15) is 5.75 Å². The van der Waals surface area contributed by atoms with Crippen molar-refractivity contribution in [3.8, 4) is 17.1 Å². The summed E-state index contributed by atoms with van der Waals surface area (Å²) in [4.78, 5) is 4.35. The van der Waals surface area contributed by atoms with Crippen molar-refractivity contribution in [3.05, 3.63) is 58.9 Å². The van der Waals surface area contributed by atoms with Crippen molar-refractivity contribution < 1.29 is 17.7 Å². The molecule has 28 heavy (non-hydrogen) atoms. The second-order valence-corrected chi connectivity index (χ2v) is 8.61. The molecule has 0 amide bonds. The van der Waals surface area contributed by atoms with E-state index in [1.54, 1.807) is 43.5 Å². The average Bonchev–Trinajstić information content (AvgIpc) is 3.15. The van der Waals surface area contributed by atoms with E-state index in [2.05, 4.69) is 14.9 Å². The van der Waals surface area contributed by atoms with Crippen molar-refractivity contribution in [2.24, 2.45) is 0 Å². The standard InChI is InChI=1S/C19H20ClN3O4S/c1-12(2)16-10-15(7-8-17(16)26-3)28(24,25)21-11-18-22-19(23-27-18)13-5-4-6-14(20)9-13/h4-10,12,21H,11H2,1-3H3. The van der Waals surface area contributed by atoms with Crippen LogP contribution < -0.4 is 9.46 Å². The number of sulfonamides is 1. The third kappa shape index (κ3) is 4.52. The third-order valence-corrected chi connectivity index (χ3v) is 5.73. The zero-order chi connectivity index (χ0) is 20.3. The second kappa shape index (κ2) is 8.30. The van der Waals surface area contributed by atoms with Gasteiger partial charge >= 0.3 is 0 Å². The van der Waals surface area contributed by atoms with Crippen molar-refractivity contribution in [2.45, 2.75) is 31.2 Å². The zero-order valence-corrected chi connectivity index (χ0v) is 17.2. The molecule has 0 aliphatic rings. The largest absolute Gasteiger partial charge is 0.496 e. The Kier molecular flexibility index (Phi) is 6.02. The molecule has 0 aliphatic heterocycles. The van der Waals surface area contributed by atoms with Gasteiger partial charge in [-0.3, -0.25) is 0 Å². The van der Waals surface area contributed by atoms with Gasteiger partial charge in [0.25, 0.3) is 0 Å². The van der Waals surface area contributed by atoms with E-state index in [0.717, 1.165) is 5.56 Å². The summed E-state index contributed by atoms with van der Waals surface area (Å²) in [5.74, 6) is 1.25. The number of benzene rings is 2. The number of methoxy groups -OCH3 is 1. The molecule has 148 valence electrons. The highest BCUT2D eigenvalue weighted by molar-refractivity contribution is 7.89. The highest BCUT2D eigenvalue weighted by atomic mass is 35.5. The van der Waals surface area contributed by atoms with Gasteiger partial charge in [-0.15, -0.1) is 0 Å². The Labute approximate surface area is 168 Å². The van der Waals surface area contributed by atoms with E-state index >= 15 is 0 Å². The average molecular weight is 422 g/mol. The van der Waals surface area contributed by atoms with Crippen LogP contribution in [0.15, 0.2) is 51.9 Å². The number of rotatable bonds is 7. The van der Waals surface area contributed by atoms with E-state index in [4.69, 9.17) is 20.9 Å². The minimum Gasteiger partial charge on any atom is -0.496 e. The third-order valence-electron chi connectivity index (χ3n) is 4.10. The van der Waals surface area contributed by atoms with Gasteiger partial charge < -0.3 is 9.26 Å². The first-order valence-electron chi connectivity index (χ1n) is 8.56. The maximum Gasteiger partial charge on any atom is 0.242 e. The summed E-state index contributed by atoms with van der Waals surface area (Å²) in [6.45, 7) is 3.81. The molecule has 0 saturated heterocycles. The smallest absolute Gasteiger partial charge is 0.242 e. The monoisotopic (exact) mass is 421 g/mol. The van der Waals surface area contributed by atoms with Gasteiger partial charge in [0.05, 0.1) is 18.6 Å². The molecule has 3 aromatic rings. The van der Waals surface area contributed by atoms with Gasteiger partial charge in [-0.05, 0) is 41.8 Å². The second-order valence-electron chi connectivity index (χ2n) is 6.41. The van der Waals surface area contributed by atoms with Crippen molar-refractivity contribution in [2.75, 3.05) is 7.11 Å². The molecule has 3 rings (SSSR count). The fraction of sp³-hybridized carbons (Fsp3) is 0.263. The van der Waals surface area contributed by atoms with Crippen LogP contribution in [0, 0.1) is 0 Å². The number of halogens is 1. The van der Waals surface area contributed by atoms with Crippen LogP contribution in [0.25, 0.3) is 11.4 Å². The molecule has 9 heteroatoms. The Morgan fingerprint density at radius 2 is 2.00 bits per heavy atom. The maximum atomic E-state index is 12.6. The van der Waals surface area contributed by atoms with Crippen LogP contribution >= 0.6 is 11.6 Å². The first-order valence-corrected chi connectivity index (χ1v) is 10.4. The molecule has 0 unspecified atom stereocenters. The lowest BCUT2D eigenvalue weighted by Gasteiger charge is -2.13. The Hall–Kier alpha value is -2.42. The van der Waals surface area contributed by atoms with Crippen molar-refractivity contribution in [1.29, 1.82) is 0 Å². The molecule has 0 fully saturated rings. The summed E-state index contributed by atoms with van der Waals surface area (Å²) >= 11 is 5.96. The molecule has 2 aromatic carbocycles. The molecule has 0 saturated carbocycles. The highest BCUT2D eigenvalue weighted by Crippen LogP contribution is 2.29. The fourth-order valence-electron chi connectivity index (χ4n) is 2.64. The molecule has 1 N–H and O–H groups in total. The summed E-state index contributed by atoms with van der Waals surface area (Å²) in [6, 6.07) is 11.7. The molecule has 0 atom stereocenters. The Bertz CT molecular complexity index is 1080. The first kappa shape index (κ1) is 20.3. The molecule has 1 aromatic heterocycles. The van der Waals surface area contributed by atoms with Crippen LogP contribution in [0.5, 0.6) is 5.75 Å². The van der Waals surface area contributed by atoms with E-state index in [9.17, 15) is 8.42 Å². The minimum atomic E-state index is -3.76. The summed E-state index contributed by atoms with van der Waals surface area (Å²) in [5.41, 5.74) is 1.49. The predicted molar refractivity (Wildman–Crippen MR) is 106 cm³/mol. The molecule has 0 bridgehead atoms. The molecule has 7 nitrogen and oxygen atoms in total. The van der Waals surface area contributed by atoms with Crippen LogP contribution in [0.3, 0.4) is 0 Å². The highest BCUT2D eigenvalue weighted by Gasteiger charge is 2.19. The SMILES string of the molecule is COc1ccc(S(=O)(=O)NCc2nc(-c3cccc(Cl)c3)no2)cc1C(C)C. The maximum absolute atomic E-state index is 12.6. The summed E-state index contributed by atoms with van der Waals surface area (Å²) in [7, 11) is -2.20. The van der Waals surface area contributed by atoms with E-state index < -0.39 is 10.0 Å². The number of aromatic nitrogens is 2. The van der Waals surface area contributed by atoms with Gasteiger partial charge in [-0.25, -0.2) is 13.1 Å². The number of nitrogens with one attached hydrogen (secondary N) is 1. The molecule has 1 heterocycles. The van der Waals surface area contributed by atoms with E-state index in [-0.39, 0.29) is 23.2 Å². The van der Waals surface area contributed by atoms with E-state index in [1.165, 1.54) is 6.07 Å². The lowest BCUT2D eigenvalue weighted by molar-refractivity contribution is 0.376. The summed E-state index contributed by atoms with van der Waals surface area (Å²) < 4.78 is 38.2. The molecule has 0 radical (unpaired) electrons. The fourth-order valence-corrected chi connectivity index (χ4v) is 3.84. The number of ether oxygens (including phenoxy) is 1. The van der Waals surface area contributed by atoms with Gasteiger partial charge in [0, 0.05) is 10.6 Å². The topological polar surface area (TPSA) is 94.3 Å². The normalized spacial score (nSPS) is 11.8. The van der Waals surface area contributed by atoms with E-state index in [0.29, 0.717) is 22.2 Å². The van der Waals surface area contributed by atoms with Crippen LogP contribution in [-0.4, -0.2) is 25.7 Å². The Balaban J connectivity index is 1.76. The van der Waals surface area contributed by atoms with Crippen molar-refractivity contribution in [1.82, 2.24) is 14.9 Å². The zero-order valence-electron chi connectivity index (χ0n) is 15.6. The molecule has 0 aliphatic carbocycles. The molecular weight excluding hydrogens is 402 g/mol.